The Morgan fingerprint density at radius 3 is 2.57 bits per heavy atom. The Morgan fingerprint density at radius 1 is 1.17 bits per heavy atom. The minimum Gasteiger partial charge on any atom is -0.368 e. The van der Waals surface area contributed by atoms with Crippen LogP contribution >= 0.6 is 0 Å². The summed E-state index contributed by atoms with van der Waals surface area (Å²) in [5, 5.41) is 3.06. The van der Waals surface area contributed by atoms with Crippen molar-refractivity contribution in [2.45, 2.75) is 38.9 Å². The summed E-state index contributed by atoms with van der Waals surface area (Å²) in [5.41, 5.74) is 0.167. The second kappa shape index (κ2) is 9.97. The number of hydrogen-bond acceptors (Lipinski definition) is 5. The van der Waals surface area contributed by atoms with Gasteiger partial charge in [0, 0.05) is 37.2 Å². The van der Waals surface area contributed by atoms with Crippen molar-refractivity contribution >= 4 is 11.7 Å². The average molecular weight is 488 g/mol. The zero-order valence-electron chi connectivity index (χ0n) is 19.3. The number of benzene rings is 1. The van der Waals surface area contributed by atoms with Crippen molar-refractivity contribution in [1.82, 2.24) is 19.9 Å². The minimum absolute atomic E-state index is 0.112. The van der Waals surface area contributed by atoms with Crippen LogP contribution in [0.25, 0.3) is 11.4 Å². The van der Waals surface area contributed by atoms with Crippen molar-refractivity contribution < 1.29 is 22.4 Å². The number of nitrogens with one attached hydrogen (secondary N) is 1. The number of alkyl halides is 3. The maximum atomic E-state index is 14.5. The smallest absolute Gasteiger partial charge is 0.368 e. The fourth-order valence-electron chi connectivity index (χ4n) is 4.32. The Bertz CT molecular complexity index is 1180. The van der Waals surface area contributed by atoms with E-state index < -0.39 is 17.6 Å². The molecule has 1 saturated heterocycles. The number of halogens is 4. The fraction of sp³-hybridized carbons (Fsp3) is 0.360. The Kier molecular flexibility index (Phi) is 7.00. The molecule has 3 heterocycles. The van der Waals surface area contributed by atoms with Crippen molar-refractivity contribution in [3.63, 3.8) is 0 Å². The molecule has 1 aliphatic rings. The summed E-state index contributed by atoms with van der Waals surface area (Å²) >= 11 is 0. The van der Waals surface area contributed by atoms with Crippen molar-refractivity contribution in [1.29, 1.82) is 0 Å². The number of likely N-dealkylation sites (tertiary alicyclic amines) is 1. The molecule has 2 aromatic heterocycles. The van der Waals surface area contributed by atoms with Gasteiger partial charge < -0.3 is 10.2 Å². The van der Waals surface area contributed by atoms with E-state index in [1.54, 1.807) is 36.4 Å². The highest BCUT2D eigenvalue weighted by Gasteiger charge is 2.34. The lowest BCUT2D eigenvalue weighted by Gasteiger charge is -2.40. The molecule has 1 amide bonds. The van der Waals surface area contributed by atoms with Gasteiger partial charge in [-0.3, -0.25) is 4.79 Å². The molecule has 0 saturated carbocycles. The average Bonchev–Trinajstić information content (AvgIpc) is 2.84. The predicted octanol–water partition coefficient (Wildman–Crippen LogP) is 5.36. The molecule has 1 fully saturated rings. The van der Waals surface area contributed by atoms with Crippen LogP contribution in [0.5, 0.6) is 0 Å². The number of aryl methyl sites for hydroxylation is 1. The Morgan fingerprint density at radius 2 is 1.91 bits per heavy atom. The van der Waals surface area contributed by atoms with Gasteiger partial charge in [0.1, 0.15) is 11.6 Å². The lowest BCUT2D eigenvalue weighted by atomic mass is 9.89. The number of anilines is 1. The molecule has 1 aromatic carbocycles. The summed E-state index contributed by atoms with van der Waals surface area (Å²) in [6.07, 6.45) is 1.10. The highest BCUT2D eigenvalue weighted by Crippen LogP contribution is 2.31. The summed E-state index contributed by atoms with van der Waals surface area (Å²) in [6.45, 7) is 4.39. The van der Waals surface area contributed by atoms with Crippen molar-refractivity contribution in [2.75, 3.05) is 18.4 Å². The van der Waals surface area contributed by atoms with Gasteiger partial charge in [-0.1, -0.05) is 6.92 Å². The number of carbonyl (C=O) groups excluding carboxylic acids is 1. The van der Waals surface area contributed by atoms with Gasteiger partial charge in [-0.2, -0.15) is 13.2 Å². The molecular formula is C25H25F4N5O. The molecule has 0 radical (unpaired) electrons. The molecule has 0 unspecified atom stereocenters. The normalized spacial score (nSPS) is 18.4. The SMILES string of the molecule is Cc1cc(-c2ncccn2)c(C(=O)N2CCC[C@@H](C)[C@H]2CNc2ccc(C(F)(F)F)cn2)cc1F. The Balaban J connectivity index is 1.60. The van der Waals surface area contributed by atoms with E-state index in [-0.39, 0.29) is 35.8 Å². The third kappa shape index (κ3) is 5.41. The zero-order valence-corrected chi connectivity index (χ0v) is 19.3. The van der Waals surface area contributed by atoms with E-state index in [2.05, 4.69) is 20.3 Å². The molecule has 184 valence electrons. The van der Waals surface area contributed by atoms with E-state index in [0.717, 1.165) is 25.1 Å². The second-order valence-corrected chi connectivity index (χ2v) is 8.72. The van der Waals surface area contributed by atoms with Gasteiger partial charge in [-0.05, 0) is 61.6 Å². The van der Waals surface area contributed by atoms with Gasteiger partial charge in [-0.15, -0.1) is 0 Å². The standard InChI is InChI=1S/C25H25F4N5O/c1-15-5-3-10-34(21(15)14-33-22-7-6-17(13-32-22)25(27,28)29)24(35)19-12-20(26)16(2)11-18(19)23-30-8-4-9-31-23/h4,6-9,11-13,15,21H,3,5,10,14H2,1-2H3,(H,32,33)/t15-,21-/m1/s1. The van der Waals surface area contributed by atoms with E-state index >= 15 is 0 Å². The summed E-state index contributed by atoms with van der Waals surface area (Å²) in [6, 6.07) is 6.42. The van der Waals surface area contributed by atoms with Gasteiger partial charge in [0.05, 0.1) is 17.2 Å². The van der Waals surface area contributed by atoms with Crippen LogP contribution < -0.4 is 5.32 Å². The van der Waals surface area contributed by atoms with Gasteiger partial charge in [0.2, 0.25) is 0 Å². The molecule has 2 atom stereocenters. The number of hydrogen-bond donors (Lipinski definition) is 1. The second-order valence-electron chi connectivity index (χ2n) is 8.72. The number of carbonyl (C=O) groups is 1. The molecule has 35 heavy (non-hydrogen) atoms. The molecule has 3 aromatic rings. The lowest BCUT2D eigenvalue weighted by Crippen LogP contribution is -2.51. The quantitative estimate of drug-likeness (QED) is 0.491. The van der Waals surface area contributed by atoms with Gasteiger partial charge in [0.25, 0.3) is 5.91 Å². The summed E-state index contributed by atoms with van der Waals surface area (Å²) in [4.78, 5) is 27.7. The molecule has 0 aliphatic carbocycles. The van der Waals surface area contributed by atoms with E-state index in [9.17, 15) is 22.4 Å². The highest BCUT2D eigenvalue weighted by atomic mass is 19.4. The maximum Gasteiger partial charge on any atom is 0.417 e. The minimum atomic E-state index is -4.46. The third-order valence-corrected chi connectivity index (χ3v) is 6.30. The van der Waals surface area contributed by atoms with E-state index in [0.29, 0.717) is 23.5 Å². The largest absolute Gasteiger partial charge is 0.417 e. The van der Waals surface area contributed by atoms with Crippen LogP contribution in [0.3, 0.4) is 0 Å². The van der Waals surface area contributed by atoms with Crippen molar-refractivity contribution in [3.05, 3.63) is 71.4 Å². The lowest BCUT2D eigenvalue weighted by molar-refractivity contribution is -0.137. The first-order valence-corrected chi connectivity index (χ1v) is 11.3. The fourth-order valence-corrected chi connectivity index (χ4v) is 4.32. The monoisotopic (exact) mass is 487 g/mol. The molecule has 4 rings (SSSR count). The molecule has 0 spiro atoms. The summed E-state index contributed by atoms with van der Waals surface area (Å²) in [7, 11) is 0. The van der Waals surface area contributed by atoms with Crippen LogP contribution in [-0.4, -0.2) is 44.9 Å². The Labute approximate surface area is 200 Å². The number of amides is 1. The van der Waals surface area contributed by atoms with Gasteiger partial charge >= 0.3 is 6.18 Å². The number of piperidine rings is 1. The molecule has 1 aliphatic heterocycles. The first-order valence-electron chi connectivity index (χ1n) is 11.3. The topological polar surface area (TPSA) is 71.0 Å². The molecular weight excluding hydrogens is 462 g/mol. The molecule has 10 heteroatoms. The highest BCUT2D eigenvalue weighted by molar-refractivity contribution is 6.00. The van der Waals surface area contributed by atoms with Crippen LogP contribution in [0, 0.1) is 18.7 Å². The van der Waals surface area contributed by atoms with Crippen molar-refractivity contribution in [3.8, 4) is 11.4 Å². The van der Waals surface area contributed by atoms with Gasteiger partial charge in [0.15, 0.2) is 5.82 Å². The molecule has 1 N–H and O–H groups in total. The van der Waals surface area contributed by atoms with Crippen molar-refractivity contribution in [2.24, 2.45) is 5.92 Å². The zero-order chi connectivity index (χ0) is 25.2. The number of rotatable bonds is 5. The predicted molar refractivity (Wildman–Crippen MR) is 123 cm³/mol. The number of pyridine rings is 1. The third-order valence-electron chi connectivity index (χ3n) is 6.30. The van der Waals surface area contributed by atoms with Gasteiger partial charge in [-0.25, -0.2) is 19.3 Å². The van der Waals surface area contributed by atoms with Crippen LogP contribution in [0.2, 0.25) is 0 Å². The van der Waals surface area contributed by atoms with Crippen LogP contribution in [-0.2, 0) is 6.18 Å². The first kappa shape index (κ1) is 24.6. The van der Waals surface area contributed by atoms with Crippen LogP contribution in [0.15, 0.2) is 48.9 Å². The molecule has 0 bridgehead atoms. The Hall–Kier alpha value is -3.56. The van der Waals surface area contributed by atoms with E-state index in [1.165, 1.54) is 12.1 Å². The first-order chi connectivity index (χ1) is 16.6. The van der Waals surface area contributed by atoms with E-state index in [1.807, 2.05) is 6.92 Å². The molecule has 6 nitrogen and oxygen atoms in total. The summed E-state index contributed by atoms with van der Waals surface area (Å²) in [5.74, 6) is -0.122. The van der Waals surface area contributed by atoms with E-state index in [4.69, 9.17) is 0 Å². The number of nitrogens with zero attached hydrogens (tertiary/aromatic N) is 4. The number of aromatic nitrogens is 3. The van der Waals surface area contributed by atoms with Crippen LogP contribution in [0.4, 0.5) is 23.4 Å². The van der Waals surface area contributed by atoms with Crippen LogP contribution in [0.1, 0.15) is 41.3 Å². The summed E-state index contributed by atoms with van der Waals surface area (Å²) < 4.78 is 53.0. The maximum absolute atomic E-state index is 14.5.